The van der Waals surface area contributed by atoms with Gasteiger partial charge in [-0.2, -0.15) is 0 Å². The summed E-state index contributed by atoms with van der Waals surface area (Å²) in [6.45, 7) is 12.1. The summed E-state index contributed by atoms with van der Waals surface area (Å²) in [5, 5.41) is 3.40. The molecule has 2 aromatic carbocycles. The Morgan fingerprint density at radius 3 is 2.39 bits per heavy atom. The van der Waals surface area contributed by atoms with Gasteiger partial charge in [0.05, 0.1) is 5.69 Å². The van der Waals surface area contributed by atoms with E-state index in [2.05, 4.69) is 26.2 Å². The van der Waals surface area contributed by atoms with Crippen molar-refractivity contribution in [3.05, 3.63) is 70.0 Å². The van der Waals surface area contributed by atoms with E-state index < -0.39 is 17.2 Å². The largest absolute Gasteiger partial charge is 0.476 e. The van der Waals surface area contributed by atoms with Crippen molar-refractivity contribution in [2.75, 3.05) is 0 Å². The van der Waals surface area contributed by atoms with Gasteiger partial charge in [0.25, 0.3) is 0 Å². The van der Waals surface area contributed by atoms with Gasteiger partial charge in [-0.1, -0.05) is 34.1 Å². The average molecular weight is 515 g/mol. The maximum Gasteiger partial charge on any atom is 0.350 e. The number of oxazole rings is 1. The Kier molecular flexibility index (Phi) is 7.65. The first-order chi connectivity index (χ1) is 15.4. The van der Waals surface area contributed by atoms with E-state index in [1.54, 1.807) is 13.8 Å². The number of esters is 1. The third kappa shape index (κ3) is 7.17. The second kappa shape index (κ2) is 10.1. The number of rotatable bonds is 8. The molecule has 0 fully saturated rings. The fraction of sp³-hybridized carbons (Fsp3) is 0.385. The second-order valence-corrected chi connectivity index (χ2v) is 10.3. The minimum absolute atomic E-state index is 0.397. The van der Waals surface area contributed by atoms with Crippen LogP contribution in [-0.2, 0) is 22.6 Å². The van der Waals surface area contributed by atoms with Gasteiger partial charge in [0.1, 0.15) is 17.1 Å². The molecule has 3 rings (SSSR count). The van der Waals surface area contributed by atoms with Gasteiger partial charge in [-0.15, -0.1) is 0 Å². The van der Waals surface area contributed by atoms with Crippen LogP contribution in [0.1, 0.15) is 51.6 Å². The molecule has 1 N–H and O–H groups in total. The minimum atomic E-state index is -1.08. The van der Waals surface area contributed by atoms with Crippen LogP contribution in [0.15, 0.2) is 57.4 Å². The van der Waals surface area contributed by atoms with Crippen molar-refractivity contribution in [1.29, 1.82) is 0 Å². The molecule has 0 saturated carbocycles. The molecule has 3 aromatic rings. The van der Waals surface area contributed by atoms with Crippen molar-refractivity contribution in [2.24, 2.45) is 0 Å². The van der Waals surface area contributed by atoms with Gasteiger partial charge in [0, 0.05) is 23.1 Å². The Morgan fingerprint density at radius 1 is 1.06 bits per heavy atom. The zero-order chi connectivity index (χ0) is 24.2. The highest BCUT2D eigenvalue weighted by molar-refractivity contribution is 9.10. The number of hydrogen-bond acceptors (Lipinski definition) is 6. The summed E-state index contributed by atoms with van der Waals surface area (Å²) in [6, 6.07) is 15.5. The van der Waals surface area contributed by atoms with Gasteiger partial charge in [0.15, 0.2) is 5.60 Å². The Labute approximate surface area is 203 Å². The van der Waals surface area contributed by atoms with Gasteiger partial charge in [-0.25, -0.2) is 9.78 Å². The number of carbonyl (C=O) groups is 1. The Morgan fingerprint density at radius 2 is 1.76 bits per heavy atom. The summed E-state index contributed by atoms with van der Waals surface area (Å²) in [7, 11) is 0. The van der Waals surface area contributed by atoms with Crippen LogP contribution < -0.4 is 10.1 Å². The quantitative estimate of drug-likeness (QED) is 0.360. The highest BCUT2D eigenvalue weighted by Gasteiger charge is 2.34. The zero-order valence-electron chi connectivity index (χ0n) is 20.0. The van der Waals surface area contributed by atoms with Crippen molar-refractivity contribution in [3.63, 3.8) is 0 Å². The number of nitrogens with one attached hydrogen (secondary N) is 1. The molecular weight excluding hydrogens is 484 g/mol. The summed E-state index contributed by atoms with van der Waals surface area (Å²) in [5.41, 5.74) is 1.26. The predicted octanol–water partition coefficient (Wildman–Crippen LogP) is 6.20. The van der Waals surface area contributed by atoms with E-state index in [1.807, 2.05) is 76.2 Å². The van der Waals surface area contributed by atoms with Gasteiger partial charge in [-0.3, -0.25) is 0 Å². The van der Waals surface area contributed by atoms with Crippen molar-refractivity contribution < 1.29 is 18.7 Å². The Bertz CT molecular complexity index is 1100. The number of hydrogen-bond donors (Lipinski definition) is 1. The molecule has 33 heavy (non-hydrogen) atoms. The van der Waals surface area contributed by atoms with Crippen LogP contribution in [0.2, 0.25) is 0 Å². The van der Waals surface area contributed by atoms with E-state index in [9.17, 15) is 4.79 Å². The van der Waals surface area contributed by atoms with Crippen molar-refractivity contribution in [1.82, 2.24) is 10.3 Å². The van der Waals surface area contributed by atoms with E-state index in [4.69, 9.17) is 13.9 Å². The van der Waals surface area contributed by atoms with Gasteiger partial charge >= 0.3 is 5.97 Å². The molecule has 1 heterocycles. The van der Waals surface area contributed by atoms with Crippen LogP contribution in [0.5, 0.6) is 5.75 Å². The molecule has 176 valence electrons. The van der Waals surface area contributed by atoms with Crippen LogP contribution in [0, 0.1) is 6.92 Å². The Hall–Kier alpha value is -2.64. The molecule has 0 bridgehead atoms. The van der Waals surface area contributed by atoms with Crippen molar-refractivity contribution >= 4 is 21.9 Å². The lowest BCUT2D eigenvalue weighted by molar-refractivity contribution is -0.170. The molecule has 0 atom stereocenters. The molecule has 1 aromatic heterocycles. The smallest absolute Gasteiger partial charge is 0.350 e. The summed E-state index contributed by atoms with van der Waals surface area (Å²) in [6.07, 6.45) is 0. The van der Waals surface area contributed by atoms with Gasteiger partial charge in [-0.05, 0) is 77.4 Å². The van der Waals surface area contributed by atoms with Crippen molar-refractivity contribution in [2.45, 2.75) is 65.8 Å². The van der Waals surface area contributed by atoms with E-state index >= 15 is 0 Å². The van der Waals surface area contributed by atoms with E-state index in [1.165, 1.54) is 0 Å². The maximum atomic E-state index is 12.4. The van der Waals surface area contributed by atoms with Crippen LogP contribution in [0.3, 0.4) is 0 Å². The van der Waals surface area contributed by atoms with Crippen LogP contribution in [-0.4, -0.2) is 22.2 Å². The monoisotopic (exact) mass is 514 g/mol. The first-order valence-electron chi connectivity index (χ1n) is 10.9. The molecule has 0 unspecified atom stereocenters. The molecule has 0 aliphatic carbocycles. The standard InChI is InChI=1S/C26H31BrN2O4/c1-17-22(29-23(31-17)19-8-7-9-20(27)14-19)16-28-15-18-10-12-21(13-11-18)32-26(5,6)24(30)33-25(2,3)4/h7-14,28H,15-16H2,1-6H3. The average Bonchev–Trinajstić information content (AvgIpc) is 3.08. The highest BCUT2D eigenvalue weighted by atomic mass is 79.9. The highest BCUT2D eigenvalue weighted by Crippen LogP contribution is 2.25. The minimum Gasteiger partial charge on any atom is -0.476 e. The maximum absolute atomic E-state index is 12.4. The SMILES string of the molecule is Cc1oc(-c2cccc(Br)c2)nc1CNCc1ccc(OC(C)(C)C(=O)OC(C)(C)C)cc1. The normalized spacial score (nSPS) is 12.0. The number of aryl methyl sites for hydroxylation is 1. The van der Waals surface area contributed by atoms with Gasteiger partial charge in [0.2, 0.25) is 5.89 Å². The molecule has 0 radical (unpaired) electrons. The second-order valence-electron chi connectivity index (χ2n) is 9.39. The number of ether oxygens (including phenoxy) is 2. The first-order valence-corrected chi connectivity index (χ1v) is 11.7. The summed E-state index contributed by atoms with van der Waals surface area (Å²) in [4.78, 5) is 17.0. The topological polar surface area (TPSA) is 73.6 Å². The van der Waals surface area contributed by atoms with Crippen LogP contribution >= 0.6 is 15.9 Å². The summed E-state index contributed by atoms with van der Waals surface area (Å²) < 4.78 is 18.2. The molecular formula is C26H31BrN2O4. The summed E-state index contributed by atoms with van der Waals surface area (Å²) >= 11 is 3.48. The lowest BCUT2D eigenvalue weighted by Crippen LogP contribution is -2.43. The zero-order valence-corrected chi connectivity index (χ0v) is 21.6. The number of aromatic nitrogens is 1. The molecule has 0 aliphatic heterocycles. The molecule has 7 heteroatoms. The summed E-state index contributed by atoms with van der Waals surface area (Å²) in [5.74, 6) is 1.62. The molecule has 0 spiro atoms. The predicted molar refractivity (Wildman–Crippen MR) is 132 cm³/mol. The lowest BCUT2D eigenvalue weighted by atomic mass is 10.1. The third-order valence-electron chi connectivity index (χ3n) is 4.77. The van der Waals surface area contributed by atoms with E-state index in [-0.39, 0.29) is 0 Å². The molecule has 6 nitrogen and oxygen atoms in total. The van der Waals surface area contributed by atoms with Gasteiger partial charge < -0.3 is 19.2 Å². The number of nitrogens with zero attached hydrogens (tertiary/aromatic N) is 1. The van der Waals surface area contributed by atoms with Crippen molar-refractivity contribution in [3.8, 4) is 17.2 Å². The van der Waals surface area contributed by atoms with E-state index in [0.29, 0.717) is 24.7 Å². The fourth-order valence-corrected chi connectivity index (χ4v) is 3.47. The molecule has 0 saturated heterocycles. The van der Waals surface area contributed by atoms with Crippen LogP contribution in [0.4, 0.5) is 0 Å². The molecule has 0 amide bonds. The number of carbonyl (C=O) groups excluding carboxylic acids is 1. The third-order valence-corrected chi connectivity index (χ3v) is 5.27. The first kappa shape index (κ1) is 25.0. The van der Waals surface area contributed by atoms with E-state index in [0.717, 1.165) is 27.1 Å². The molecule has 0 aliphatic rings. The number of halogens is 1. The lowest BCUT2D eigenvalue weighted by Gasteiger charge is -2.29. The van der Waals surface area contributed by atoms with Crippen LogP contribution in [0.25, 0.3) is 11.5 Å². The number of benzene rings is 2. The Balaban J connectivity index is 1.54. The fourth-order valence-electron chi connectivity index (χ4n) is 3.07.